The Labute approximate surface area is 123 Å². The highest BCUT2D eigenvalue weighted by Gasteiger charge is 1.99. The second-order valence-corrected chi connectivity index (χ2v) is 4.90. The van der Waals surface area contributed by atoms with E-state index >= 15 is 0 Å². The monoisotopic (exact) mass is 289 g/mol. The van der Waals surface area contributed by atoms with Gasteiger partial charge in [-0.2, -0.15) is 0 Å². The summed E-state index contributed by atoms with van der Waals surface area (Å²) in [4.78, 5) is 0. The molecule has 0 aliphatic carbocycles. The lowest BCUT2D eigenvalue weighted by Crippen LogP contribution is -2.46. The molecule has 0 rings (SSSR count). The molecule has 0 aliphatic heterocycles. The van der Waals surface area contributed by atoms with E-state index in [0.29, 0.717) is 6.54 Å². The molecule has 0 aromatic heterocycles. The fourth-order valence-electron chi connectivity index (χ4n) is 1.75. The molecule has 0 saturated heterocycles. The van der Waals surface area contributed by atoms with Gasteiger partial charge in [-0.1, -0.05) is 0 Å². The van der Waals surface area contributed by atoms with Crippen LogP contribution < -0.4 is 38.5 Å². The standard InChI is InChI=1S/C13H35N7/c14-4-1-6-17-7-2-8-18-9-3-10-20-13(16)12-19-11-5-15/h13,17-20H,1-12,14-16H2. The lowest BCUT2D eigenvalue weighted by molar-refractivity contribution is 0.475. The minimum Gasteiger partial charge on any atom is -0.330 e. The van der Waals surface area contributed by atoms with Crippen LogP contribution >= 0.6 is 0 Å². The van der Waals surface area contributed by atoms with E-state index in [9.17, 15) is 0 Å². The maximum atomic E-state index is 5.88. The van der Waals surface area contributed by atoms with Crippen molar-refractivity contribution in [1.82, 2.24) is 21.3 Å². The highest BCUT2D eigenvalue weighted by molar-refractivity contribution is 4.63. The summed E-state index contributed by atoms with van der Waals surface area (Å²) < 4.78 is 0. The Morgan fingerprint density at radius 1 is 0.650 bits per heavy atom. The number of nitrogens with one attached hydrogen (secondary N) is 4. The van der Waals surface area contributed by atoms with E-state index in [-0.39, 0.29) is 6.17 Å². The Balaban J connectivity index is 3.05. The van der Waals surface area contributed by atoms with Gasteiger partial charge in [0.05, 0.1) is 6.17 Å². The van der Waals surface area contributed by atoms with Crippen molar-refractivity contribution in [3.63, 3.8) is 0 Å². The molecule has 7 nitrogen and oxygen atoms in total. The Bertz CT molecular complexity index is 180. The minimum atomic E-state index is 0.00768. The largest absolute Gasteiger partial charge is 0.330 e. The van der Waals surface area contributed by atoms with Crippen LogP contribution in [-0.2, 0) is 0 Å². The lowest BCUT2D eigenvalue weighted by atomic mass is 10.3. The molecule has 0 aromatic carbocycles. The van der Waals surface area contributed by atoms with Crippen molar-refractivity contribution in [2.75, 3.05) is 58.9 Å². The third kappa shape index (κ3) is 15.8. The lowest BCUT2D eigenvalue weighted by Gasteiger charge is -2.14. The molecular formula is C13H35N7. The molecule has 0 heterocycles. The highest BCUT2D eigenvalue weighted by atomic mass is 15.1. The van der Waals surface area contributed by atoms with Gasteiger partial charge in [-0.15, -0.1) is 0 Å². The highest BCUT2D eigenvalue weighted by Crippen LogP contribution is 1.79. The molecule has 0 fully saturated rings. The molecule has 7 heteroatoms. The molecule has 1 atom stereocenters. The van der Waals surface area contributed by atoms with Gasteiger partial charge in [-0.25, -0.2) is 0 Å². The van der Waals surface area contributed by atoms with Crippen LogP contribution in [0.5, 0.6) is 0 Å². The van der Waals surface area contributed by atoms with Gasteiger partial charge in [-0.05, 0) is 58.5 Å². The summed E-state index contributed by atoms with van der Waals surface area (Å²) in [7, 11) is 0. The van der Waals surface area contributed by atoms with E-state index in [0.717, 1.165) is 71.6 Å². The molecule has 10 N–H and O–H groups in total. The zero-order valence-electron chi connectivity index (χ0n) is 12.8. The molecule has 0 saturated carbocycles. The molecule has 20 heavy (non-hydrogen) atoms. The zero-order valence-corrected chi connectivity index (χ0v) is 12.8. The molecule has 0 radical (unpaired) electrons. The number of hydrogen-bond acceptors (Lipinski definition) is 7. The third-order valence-corrected chi connectivity index (χ3v) is 2.89. The maximum Gasteiger partial charge on any atom is 0.0675 e. The second kappa shape index (κ2) is 16.8. The molecule has 0 bridgehead atoms. The number of rotatable bonds is 16. The van der Waals surface area contributed by atoms with Gasteiger partial charge >= 0.3 is 0 Å². The van der Waals surface area contributed by atoms with Crippen LogP contribution in [0.15, 0.2) is 0 Å². The van der Waals surface area contributed by atoms with Crippen LogP contribution in [0.3, 0.4) is 0 Å². The summed E-state index contributed by atoms with van der Waals surface area (Å²) >= 11 is 0. The molecule has 122 valence electrons. The first kappa shape index (κ1) is 19.7. The van der Waals surface area contributed by atoms with Crippen molar-refractivity contribution < 1.29 is 0 Å². The molecule has 0 amide bonds. The van der Waals surface area contributed by atoms with E-state index in [4.69, 9.17) is 17.2 Å². The summed E-state index contributed by atoms with van der Waals surface area (Å²) in [5.41, 5.74) is 16.7. The van der Waals surface area contributed by atoms with Crippen molar-refractivity contribution >= 4 is 0 Å². The van der Waals surface area contributed by atoms with Crippen molar-refractivity contribution in [3.05, 3.63) is 0 Å². The molecule has 0 aromatic rings. The summed E-state index contributed by atoms with van der Waals surface area (Å²) in [6.45, 7) is 8.10. The Kier molecular flexibility index (Phi) is 16.5. The Hall–Kier alpha value is -0.280. The van der Waals surface area contributed by atoms with Gasteiger partial charge in [0.25, 0.3) is 0 Å². The van der Waals surface area contributed by atoms with E-state index in [1.54, 1.807) is 0 Å². The van der Waals surface area contributed by atoms with Crippen LogP contribution in [0.1, 0.15) is 19.3 Å². The molecular weight excluding hydrogens is 254 g/mol. The second-order valence-electron chi connectivity index (χ2n) is 4.90. The Morgan fingerprint density at radius 3 is 1.85 bits per heavy atom. The molecule has 1 unspecified atom stereocenters. The number of hydrogen-bond donors (Lipinski definition) is 7. The third-order valence-electron chi connectivity index (χ3n) is 2.89. The minimum absolute atomic E-state index is 0.00768. The van der Waals surface area contributed by atoms with Gasteiger partial charge in [0.2, 0.25) is 0 Å². The summed E-state index contributed by atoms with van der Waals surface area (Å²) in [5.74, 6) is 0. The molecule has 0 aliphatic rings. The van der Waals surface area contributed by atoms with Crippen LogP contribution in [0.25, 0.3) is 0 Å². The first-order valence-corrected chi connectivity index (χ1v) is 7.82. The fourth-order valence-corrected chi connectivity index (χ4v) is 1.75. The average molecular weight is 289 g/mol. The topological polar surface area (TPSA) is 126 Å². The van der Waals surface area contributed by atoms with Crippen molar-refractivity contribution in [2.24, 2.45) is 17.2 Å². The van der Waals surface area contributed by atoms with E-state index in [2.05, 4.69) is 21.3 Å². The van der Waals surface area contributed by atoms with Gasteiger partial charge in [0, 0.05) is 19.6 Å². The van der Waals surface area contributed by atoms with Gasteiger partial charge < -0.3 is 38.5 Å². The summed E-state index contributed by atoms with van der Waals surface area (Å²) in [6.07, 6.45) is 3.30. The van der Waals surface area contributed by atoms with E-state index in [1.165, 1.54) is 0 Å². The summed E-state index contributed by atoms with van der Waals surface area (Å²) in [5, 5.41) is 13.2. The van der Waals surface area contributed by atoms with Crippen LogP contribution in [0.4, 0.5) is 0 Å². The maximum absolute atomic E-state index is 5.88. The smallest absolute Gasteiger partial charge is 0.0675 e. The molecule has 0 spiro atoms. The van der Waals surface area contributed by atoms with Crippen LogP contribution in [0, 0.1) is 0 Å². The Morgan fingerprint density at radius 2 is 1.25 bits per heavy atom. The fraction of sp³-hybridized carbons (Fsp3) is 1.00. The van der Waals surface area contributed by atoms with Crippen molar-refractivity contribution in [1.29, 1.82) is 0 Å². The van der Waals surface area contributed by atoms with E-state index in [1.807, 2.05) is 0 Å². The zero-order chi connectivity index (χ0) is 14.9. The van der Waals surface area contributed by atoms with E-state index < -0.39 is 0 Å². The predicted molar refractivity (Wildman–Crippen MR) is 86.5 cm³/mol. The van der Waals surface area contributed by atoms with Crippen molar-refractivity contribution in [3.8, 4) is 0 Å². The van der Waals surface area contributed by atoms with Crippen LogP contribution in [0.2, 0.25) is 0 Å². The SMILES string of the molecule is NCCCNCCCNCCCNC(N)CNCCN. The normalized spacial score (nSPS) is 12.8. The predicted octanol–water partition coefficient (Wildman–Crippen LogP) is -2.28. The van der Waals surface area contributed by atoms with Gasteiger partial charge in [0.15, 0.2) is 0 Å². The van der Waals surface area contributed by atoms with Crippen LogP contribution in [-0.4, -0.2) is 65.1 Å². The summed E-state index contributed by atoms with van der Waals surface area (Å²) in [6, 6.07) is 0. The average Bonchev–Trinajstić information content (AvgIpc) is 2.45. The first-order chi connectivity index (χ1) is 9.81. The van der Waals surface area contributed by atoms with Gasteiger partial charge in [-0.3, -0.25) is 0 Å². The first-order valence-electron chi connectivity index (χ1n) is 7.82. The van der Waals surface area contributed by atoms with Crippen molar-refractivity contribution in [2.45, 2.75) is 25.4 Å². The quantitative estimate of drug-likeness (QED) is 0.126. The van der Waals surface area contributed by atoms with Gasteiger partial charge in [0.1, 0.15) is 0 Å². The number of nitrogens with two attached hydrogens (primary N) is 3.